The second kappa shape index (κ2) is 6.65. The maximum Gasteiger partial charge on any atom is 0.244 e. The molecule has 0 saturated heterocycles. The van der Waals surface area contributed by atoms with Crippen molar-refractivity contribution >= 4 is 23.3 Å². The number of nitrogens with one attached hydrogen (secondary N) is 1. The summed E-state index contributed by atoms with van der Waals surface area (Å²) in [5.41, 5.74) is 0.408. The number of hydrogen-bond acceptors (Lipinski definition) is 3. The molecule has 0 fully saturated rings. The van der Waals surface area contributed by atoms with E-state index in [1.807, 2.05) is 16.8 Å². The zero-order chi connectivity index (χ0) is 15.3. The van der Waals surface area contributed by atoms with Crippen molar-refractivity contribution < 1.29 is 14.3 Å². The number of hydrogen-bond donors (Lipinski definition) is 2. The quantitative estimate of drug-likeness (QED) is 0.835. The fourth-order valence-corrected chi connectivity index (χ4v) is 2.52. The summed E-state index contributed by atoms with van der Waals surface area (Å²) in [6.45, 7) is 1.77. The number of carbonyl (C=O) groups is 1. The van der Waals surface area contributed by atoms with Crippen molar-refractivity contribution in [3.8, 4) is 0 Å². The molecule has 0 aliphatic heterocycles. The first-order valence-corrected chi connectivity index (χ1v) is 7.38. The average molecular weight is 305 g/mol. The number of halogens is 1. The molecule has 1 aromatic heterocycles. The summed E-state index contributed by atoms with van der Waals surface area (Å²) in [7, 11) is 0. The molecule has 2 aromatic rings. The maximum absolute atomic E-state index is 12.7. The summed E-state index contributed by atoms with van der Waals surface area (Å²) in [5.74, 6) is -0.627. The predicted octanol–water partition coefficient (Wildman–Crippen LogP) is 2.92. The van der Waals surface area contributed by atoms with E-state index in [0.717, 1.165) is 11.1 Å². The minimum absolute atomic E-state index is 0.121. The van der Waals surface area contributed by atoms with Crippen molar-refractivity contribution in [3.63, 3.8) is 0 Å². The first-order chi connectivity index (χ1) is 9.97. The Morgan fingerprint density at radius 2 is 2.10 bits per heavy atom. The van der Waals surface area contributed by atoms with E-state index in [1.54, 1.807) is 25.1 Å². The fraction of sp³-hybridized carbons (Fsp3) is 0.188. The molecule has 1 atom stereocenters. The molecule has 0 aliphatic carbocycles. The van der Waals surface area contributed by atoms with Gasteiger partial charge in [0.05, 0.1) is 6.54 Å². The average Bonchev–Trinajstić information content (AvgIpc) is 3.00. The number of rotatable bonds is 5. The van der Waals surface area contributed by atoms with Crippen molar-refractivity contribution in [3.05, 3.63) is 64.1 Å². The number of thiophene rings is 1. The highest BCUT2D eigenvalue weighted by atomic mass is 32.1. The molecule has 2 rings (SSSR count). The van der Waals surface area contributed by atoms with Gasteiger partial charge in [-0.15, -0.1) is 0 Å². The van der Waals surface area contributed by atoms with Crippen molar-refractivity contribution in [2.24, 2.45) is 0 Å². The van der Waals surface area contributed by atoms with Gasteiger partial charge >= 0.3 is 0 Å². The molecule has 2 N–H and O–H groups in total. The Balaban J connectivity index is 1.89. The van der Waals surface area contributed by atoms with E-state index in [-0.39, 0.29) is 18.3 Å². The van der Waals surface area contributed by atoms with Crippen LogP contribution in [-0.4, -0.2) is 17.6 Å². The monoisotopic (exact) mass is 305 g/mol. The predicted molar refractivity (Wildman–Crippen MR) is 82.3 cm³/mol. The first-order valence-electron chi connectivity index (χ1n) is 6.44. The van der Waals surface area contributed by atoms with Crippen LogP contribution in [0.1, 0.15) is 18.1 Å². The second-order valence-corrected chi connectivity index (χ2v) is 5.67. The van der Waals surface area contributed by atoms with E-state index in [4.69, 9.17) is 0 Å². The van der Waals surface area contributed by atoms with E-state index in [2.05, 4.69) is 5.32 Å². The summed E-state index contributed by atoms with van der Waals surface area (Å²) in [6, 6.07) is 7.66. The Morgan fingerprint density at radius 3 is 2.71 bits per heavy atom. The van der Waals surface area contributed by atoms with Crippen LogP contribution in [0.3, 0.4) is 0 Å². The summed E-state index contributed by atoms with van der Waals surface area (Å²) < 4.78 is 12.7. The zero-order valence-corrected chi connectivity index (χ0v) is 12.4. The Bertz CT molecular complexity index is 618. The van der Waals surface area contributed by atoms with Crippen LogP contribution < -0.4 is 5.32 Å². The molecular weight excluding hydrogens is 289 g/mol. The van der Waals surface area contributed by atoms with Crippen molar-refractivity contribution in [2.45, 2.75) is 12.5 Å². The molecule has 5 heteroatoms. The lowest BCUT2D eigenvalue weighted by molar-refractivity contribution is -0.117. The molecule has 1 aromatic carbocycles. The van der Waals surface area contributed by atoms with Gasteiger partial charge in [0.15, 0.2) is 0 Å². The number of carbonyl (C=O) groups excluding carboxylic acids is 1. The lowest BCUT2D eigenvalue weighted by Gasteiger charge is -2.22. The van der Waals surface area contributed by atoms with Gasteiger partial charge in [0.25, 0.3) is 0 Å². The highest BCUT2D eigenvalue weighted by molar-refractivity contribution is 7.08. The molecule has 110 valence electrons. The van der Waals surface area contributed by atoms with Crippen LogP contribution in [0, 0.1) is 5.82 Å². The van der Waals surface area contributed by atoms with Crippen LogP contribution >= 0.6 is 11.3 Å². The minimum Gasteiger partial charge on any atom is -0.384 e. The fourth-order valence-electron chi connectivity index (χ4n) is 1.74. The van der Waals surface area contributed by atoms with Crippen LogP contribution in [0.4, 0.5) is 4.39 Å². The lowest BCUT2D eigenvalue weighted by atomic mass is 9.99. The van der Waals surface area contributed by atoms with Gasteiger partial charge in [0.2, 0.25) is 5.91 Å². The lowest BCUT2D eigenvalue weighted by Crippen LogP contribution is -2.37. The van der Waals surface area contributed by atoms with Crippen molar-refractivity contribution in [2.75, 3.05) is 6.54 Å². The highest BCUT2D eigenvalue weighted by Crippen LogP contribution is 2.21. The summed E-state index contributed by atoms with van der Waals surface area (Å²) in [6.07, 6.45) is 2.95. The Kier molecular flexibility index (Phi) is 4.88. The van der Waals surface area contributed by atoms with Gasteiger partial charge in [-0.25, -0.2) is 4.39 Å². The van der Waals surface area contributed by atoms with Crippen LogP contribution in [0.25, 0.3) is 6.08 Å². The molecule has 21 heavy (non-hydrogen) atoms. The zero-order valence-electron chi connectivity index (χ0n) is 11.5. The highest BCUT2D eigenvalue weighted by Gasteiger charge is 2.23. The van der Waals surface area contributed by atoms with Crippen molar-refractivity contribution in [1.82, 2.24) is 5.32 Å². The summed E-state index contributed by atoms with van der Waals surface area (Å²) >= 11 is 1.49. The third-order valence-corrected chi connectivity index (χ3v) is 3.73. The third-order valence-electron chi connectivity index (χ3n) is 3.05. The minimum atomic E-state index is -1.10. The SMILES string of the molecule is CC(O)(CNC(=O)C=Cc1ccc(F)cc1)c1ccsc1. The topological polar surface area (TPSA) is 49.3 Å². The van der Waals surface area contributed by atoms with Crippen LogP contribution in [0.5, 0.6) is 0 Å². The normalized spacial score (nSPS) is 14.0. The van der Waals surface area contributed by atoms with E-state index in [1.165, 1.54) is 29.5 Å². The van der Waals surface area contributed by atoms with Gasteiger partial charge in [-0.2, -0.15) is 11.3 Å². The smallest absolute Gasteiger partial charge is 0.244 e. The molecule has 0 radical (unpaired) electrons. The Hall–Kier alpha value is -1.98. The molecule has 1 heterocycles. The third kappa shape index (κ3) is 4.51. The molecule has 3 nitrogen and oxygen atoms in total. The Labute approximate surface area is 126 Å². The van der Waals surface area contributed by atoms with E-state index >= 15 is 0 Å². The van der Waals surface area contributed by atoms with E-state index in [9.17, 15) is 14.3 Å². The van der Waals surface area contributed by atoms with Gasteiger partial charge in [-0.1, -0.05) is 12.1 Å². The second-order valence-electron chi connectivity index (χ2n) is 4.89. The molecule has 0 aliphatic rings. The number of amides is 1. The number of aliphatic hydroxyl groups is 1. The molecule has 0 saturated carbocycles. The largest absolute Gasteiger partial charge is 0.384 e. The van der Waals surface area contributed by atoms with Gasteiger partial charge in [0.1, 0.15) is 11.4 Å². The summed E-state index contributed by atoms with van der Waals surface area (Å²) in [4.78, 5) is 11.7. The van der Waals surface area contributed by atoms with Gasteiger partial charge in [-0.3, -0.25) is 4.79 Å². The van der Waals surface area contributed by atoms with Gasteiger partial charge < -0.3 is 10.4 Å². The molecule has 0 spiro atoms. The van der Waals surface area contributed by atoms with Crippen LogP contribution in [0.15, 0.2) is 47.2 Å². The van der Waals surface area contributed by atoms with Crippen molar-refractivity contribution in [1.29, 1.82) is 0 Å². The van der Waals surface area contributed by atoms with Gasteiger partial charge in [-0.05, 0) is 53.1 Å². The molecule has 0 bridgehead atoms. The van der Waals surface area contributed by atoms with E-state index < -0.39 is 5.60 Å². The number of benzene rings is 1. The standard InChI is InChI=1S/C16H16FNO2S/c1-16(20,13-8-9-21-10-13)11-18-15(19)7-4-12-2-5-14(17)6-3-12/h2-10,20H,11H2,1H3,(H,18,19). The summed E-state index contributed by atoms with van der Waals surface area (Å²) in [5, 5.41) is 16.6. The molecule has 1 amide bonds. The van der Waals surface area contributed by atoms with Crippen LogP contribution in [-0.2, 0) is 10.4 Å². The van der Waals surface area contributed by atoms with Gasteiger partial charge in [0, 0.05) is 6.08 Å². The first kappa shape index (κ1) is 15.4. The Morgan fingerprint density at radius 1 is 1.38 bits per heavy atom. The van der Waals surface area contributed by atoms with Crippen LogP contribution in [0.2, 0.25) is 0 Å². The van der Waals surface area contributed by atoms with E-state index in [0.29, 0.717) is 0 Å². The molecular formula is C16H16FNO2S. The molecule has 1 unspecified atom stereocenters. The maximum atomic E-state index is 12.7.